The minimum Gasteiger partial charge on any atom is -0.299 e. The van der Waals surface area contributed by atoms with Crippen molar-refractivity contribution in [2.45, 2.75) is 58.3 Å². The topological polar surface area (TPSA) is 17.1 Å². The van der Waals surface area contributed by atoms with Gasteiger partial charge < -0.3 is 0 Å². The molecule has 19 heavy (non-hydrogen) atoms. The number of carbonyl (C=O) groups is 1. The molecular weight excluding hydrogens is 246 g/mol. The van der Waals surface area contributed by atoms with E-state index in [4.69, 9.17) is 0 Å². The molecule has 0 aliphatic rings. The summed E-state index contributed by atoms with van der Waals surface area (Å²) in [6, 6.07) is 3.97. The quantitative estimate of drug-likeness (QED) is 0.586. The molecule has 1 nitrogen and oxygen atoms in total. The molecule has 0 saturated carbocycles. The molecule has 106 valence electrons. The number of halogens is 2. The fourth-order valence-corrected chi connectivity index (χ4v) is 2.09. The molecule has 0 amide bonds. The molecule has 3 heteroatoms. The number of unbranched alkanes of at least 4 members (excludes halogenated alkanes) is 5. The molecule has 0 aliphatic heterocycles. The second-order valence-electron chi connectivity index (χ2n) is 4.95. The van der Waals surface area contributed by atoms with Crippen LogP contribution in [0, 0.1) is 11.6 Å². The molecule has 0 saturated heterocycles. The molecule has 0 fully saturated rings. The van der Waals surface area contributed by atoms with E-state index in [0.717, 1.165) is 25.3 Å². The van der Waals surface area contributed by atoms with Crippen molar-refractivity contribution in [3.63, 3.8) is 0 Å². The first-order chi connectivity index (χ1) is 9.15. The van der Waals surface area contributed by atoms with Gasteiger partial charge >= 0.3 is 0 Å². The Bertz CT molecular complexity index is 402. The molecule has 0 unspecified atom stereocenters. The minimum atomic E-state index is -0.890. The summed E-state index contributed by atoms with van der Waals surface area (Å²) in [6.07, 6.45) is 7.15. The largest absolute Gasteiger partial charge is 0.299 e. The molecule has 0 radical (unpaired) electrons. The van der Waals surface area contributed by atoms with E-state index in [1.807, 2.05) is 0 Å². The van der Waals surface area contributed by atoms with Gasteiger partial charge in [0.05, 0.1) is 0 Å². The Morgan fingerprint density at radius 2 is 1.74 bits per heavy atom. The first-order valence-electron chi connectivity index (χ1n) is 7.09. The van der Waals surface area contributed by atoms with E-state index in [9.17, 15) is 13.6 Å². The maximum absolute atomic E-state index is 13.4. The highest BCUT2D eigenvalue weighted by Crippen LogP contribution is 2.14. The fraction of sp³-hybridized carbons (Fsp3) is 0.562. The summed E-state index contributed by atoms with van der Waals surface area (Å²) >= 11 is 0. The molecule has 1 aromatic rings. The minimum absolute atomic E-state index is 0.00144. The molecule has 0 spiro atoms. The molecule has 0 bridgehead atoms. The van der Waals surface area contributed by atoms with E-state index >= 15 is 0 Å². The van der Waals surface area contributed by atoms with Crippen LogP contribution < -0.4 is 0 Å². The predicted molar refractivity (Wildman–Crippen MR) is 73.1 cm³/mol. The van der Waals surface area contributed by atoms with Crippen LogP contribution in [0.15, 0.2) is 18.2 Å². The predicted octanol–water partition coefficient (Wildman–Crippen LogP) is 4.83. The first kappa shape index (κ1) is 15.8. The number of Topliss-reactive ketones (excluding diaryl/α,β-unsaturated/α-hetero) is 1. The molecule has 0 heterocycles. The SMILES string of the molecule is CCCCCCCCC(=O)Cc1cccc(F)c1F. The molecule has 0 atom stereocenters. The molecule has 0 aliphatic carbocycles. The van der Waals surface area contributed by atoms with Crippen LogP contribution in [0.1, 0.15) is 57.4 Å². The lowest BCUT2D eigenvalue weighted by atomic mass is 10.0. The fourth-order valence-electron chi connectivity index (χ4n) is 2.09. The third-order valence-electron chi connectivity index (χ3n) is 3.23. The van der Waals surface area contributed by atoms with Gasteiger partial charge in [-0.05, 0) is 18.1 Å². The monoisotopic (exact) mass is 268 g/mol. The van der Waals surface area contributed by atoms with E-state index in [2.05, 4.69) is 6.92 Å². The maximum atomic E-state index is 13.4. The van der Waals surface area contributed by atoms with Crippen LogP contribution in [0.25, 0.3) is 0 Å². The summed E-state index contributed by atoms with van der Waals surface area (Å²) < 4.78 is 26.3. The zero-order chi connectivity index (χ0) is 14.1. The average Bonchev–Trinajstić information content (AvgIpc) is 2.39. The number of ketones is 1. The third-order valence-corrected chi connectivity index (χ3v) is 3.23. The lowest BCUT2D eigenvalue weighted by Crippen LogP contribution is -2.05. The Morgan fingerprint density at radius 1 is 1.05 bits per heavy atom. The molecule has 1 rings (SSSR count). The van der Waals surface area contributed by atoms with Crippen LogP contribution in [-0.2, 0) is 11.2 Å². The molecule has 0 aromatic heterocycles. The lowest BCUT2D eigenvalue weighted by molar-refractivity contribution is -0.118. The summed E-state index contributed by atoms with van der Waals surface area (Å²) in [5.41, 5.74) is 0.163. The zero-order valence-electron chi connectivity index (χ0n) is 11.6. The third kappa shape index (κ3) is 5.95. The van der Waals surface area contributed by atoms with Crippen molar-refractivity contribution in [1.29, 1.82) is 0 Å². The van der Waals surface area contributed by atoms with Gasteiger partial charge in [-0.15, -0.1) is 0 Å². The summed E-state index contributed by atoms with van der Waals surface area (Å²) in [6.45, 7) is 2.16. The second-order valence-corrected chi connectivity index (χ2v) is 4.95. The van der Waals surface area contributed by atoms with Crippen LogP contribution in [0.2, 0.25) is 0 Å². The standard InChI is InChI=1S/C16H22F2O/c1-2-3-4-5-6-7-10-14(19)12-13-9-8-11-15(17)16(13)18/h8-9,11H,2-7,10,12H2,1H3. The van der Waals surface area contributed by atoms with Crippen molar-refractivity contribution in [2.75, 3.05) is 0 Å². The van der Waals surface area contributed by atoms with Crippen molar-refractivity contribution in [3.05, 3.63) is 35.4 Å². The summed E-state index contributed by atoms with van der Waals surface area (Å²) in [7, 11) is 0. The van der Waals surface area contributed by atoms with E-state index < -0.39 is 11.6 Å². The van der Waals surface area contributed by atoms with Gasteiger partial charge in [0.2, 0.25) is 0 Å². The number of hydrogen-bond acceptors (Lipinski definition) is 1. The smallest absolute Gasteiger partial charge is 0.162 e. The highest BCUT2D eigenvalue weighted by molar-refractivity contribution is 5.80. The van der Waals surface area contributed by atoms with Crippen molar-refractivity contribution >= 4 is 5.78 Å². The Labute approximate surface area is 114 Å². The van der Waals surface area contributed by atoms with Crippen LogP contribution in [-0.4, -0.2) is 5.78 Å². The van der Waals surface area contributed by atoms with E-state index in [1.54, 1.807) is 0 Å². The highest BCUT2D eigenvalue weighted by atomic mass is 19.2. The zero-order valence-corrected chi connectivity index (χ0v) is 11.6. The molecule has 0 N–H and O–H groups in total. The van der Waals surface area contributed by atoms with Crippen LogP contribution in [0.4, 0.5) is 8.78 Å². The summed E-state index contributed by atoms with van der Waals surface area (Å²) in [5.74, 6) is -1.79. The Hall–Kier alpha value is -1.25. The Kier molecular flexibility index (Phi) is 7.31. The summed E-state index contributed by atoms with van der Waals surface area (Å²) in [5, 5.41) is 0. The normalized spacial score (nSPS) is 10.7. The van der Waals surface area contributed by atoms with Gasteiger partial charge in [0, 0.05) is 12.8 Å². The first-order valence-corrected chi connectivity index (χ1v) is 7.09. The lowest BCUT2D eigenvalue weighted by Gasteiger charge is -2.04. The van der Waals surface area contributed by atoms with E-state index in [1.165, 1.54) is 31.4 Å². The number of benzene rings is 1. The second kappa shape index (κ2) is 8.78. The summed E-state index contributed by atoms with van der Waals surface area (Å²) in [4.78, 5) is 11.7. The molecular formula is C16H22F2O. The van der Waals surface area contributed by atoms with Gasteiger partial charge in [0.1, 0.15) is 5.78 Å². The van der Waals surface area contributed by atoms with E-state index in [-0.39, 0.29) is 17.8 Å². The molecule has 1 aromatic carbocycles. The van der Waals surface area contributed by atoms with Crippen LogP contribution >= 0.6 is 0 Å². The number of rotatable bonds is 9. The highest BCUT2D eigenvalue weighted by Gasteiger charge is 2.11. The number of carbonyl (C=O) groups excluding carboxylic acids is 1. The van der Waals surface area contributed by atoms with Crippen molar-refractivity contribution in [3.8, 4) is 0 Å². The maximum Gasteiger partial charge on any atom is 0.162 e. The Balaban J connectivity index is 2.26. The van der Waals surface area contributed by atoms with Gasteiger partial charge in [-0.2, -0.15) is 0 Å². The van der Waals surface area contributed by atoms with E-state index in [0.29, 0.717) is 6.42 Å². The van der Waals surface area contributed by atoms with Gasteiger partial charge in [0.15, 0.2) is 11.6 Å². The van der Waals surface area contributed by atoms with Crippen molar-refractivity contribution in [1.82, 2.24) is 0 Å². The number of hydrogen-bond donors (Lipinski definition) is 0. The van der Waals surface area contributed by atoms with Gasteiger partial charge in [-0.25, -0.2) is 8.78 Å². The van der Waals surface area contributed by atoms with Gasteiger partial charge in [-0.1, -0.05) is 51.2 Å². The van der Waals surface area contributed by atoms with Crippen LogP contribution in [0.3, 0.4) is 0 Å². The average molecular weight is 268 g/mol. The van der Waals surface area contributed by atoms with Gasteiger partial charge in [-0.3, -0.25) is 4.79 Å². The van der Waals surface area contributed by atoms with Crippen LogP contribution in [0.5, 0.6) is 0 Å². The van der Waals surface area contributed by atoms with Crippen molar-refractivity contribution < 1.29 is 13.6 Å². The van der Waals surface area contributed by atoms with Crippen molar-refractivity contribution in [2.24, 2.45) is 0 Å². The van der Waals surface area contributed by atoms with Gasteiger partial charge in [0.25, 0.3) is 0 Å². The Morgan fingerprint density at radius 3 is 2.47 bits per heavy atom.